The van der Waals surface area contributed by atoms with E-state index in [-0.39, 0.29) is 12.5 Å². The van der Waals surface area contributed by atoms with E-state index in [0.717, 1.165) is 0 Å². The second-order valence-electron chi connectivity index (χ2n) is 4.28. The Morgan fingerprint density at radius 1 is 1.53 bits per heavy atom. The van der Waals surface area contributed by atoms with Gasteiger partial charge < -0.3 is 15.6 Å². The van der Waals surface area contributed by atoms with Gasteiger partial charge in [-0.15, -0.1) is 10.2 Å². The number of nitrogen functional groups attached to an aromatic ring is 1. The molecule has 0 aromatic carbocycles. The fourth-order valence-electron chi connectivity index (χ4n) is 1.51. The second-order valence-corrected chi connectivity index (χ2v) is 5.27. The van der Waals surface area contributed by atoms with Gasteiger partial charge in [0.1, 0.15) is 0 Å². The lowest BCUT2D eigenvalue weighted by Crippen LogP contribution is -2.18. The zero-order valence-electron chi connectivity index (χ0n) is 11.4. The van der Waals surface area contributed by atoms with Crippen LogP contribution in [0.2, 0.25) is 0 Å². The first-order chi connectivity index (χ1) is 8.95. The number of hydrogen-bond donors (Lipinski definition) is 2. The Morgan fingerprint density at radius 3 is 2.79 bits per heavy atom. The molecule has 1 rings (SSSR count). The van der Waals surface area contributed by atoms with Gasteiger partial charge in [0.2, 0.25) is 5.95 Å². The number of aliphatic hydroxyl groups excluding tert-OH is 1. The number of nitrogens with zero attached hydrogens (tertiary/aromatic N) is 3. The van der Waals surface area contributed by atoms with Crippen LogP contribution in [0.25, 0.3) is 0 Å². The molecule has 1 aromatic rings. The Bertz CT molecular complexity index is 422. The van der Waals surface area contributed by atoms with Gasteiger partial charge >= 0.3 is 5.97 Å². The van der Waals surface area contributed by atoms with Gasteiger partial charge in [0.25, 0.3) is 0 Å². The molecule has 0 fully saturated rings. The predicted octanol–water partition coefficient (Wildman–Crippen LogP) is 0.847. The highest BCUT2D eigenvalue weighted by Crippen LogP contribution is 2.23. The van der Waals surface area contributed by atoms with Crippen LogP contribution in [0.5, 0.6) is 0 Å². The molecule has 1 heterocycles. The van der Waals surface area contributed by atoms with E-state index in [0.29, 0.717) is 23.5 Å². The predicted molar refractivity (Wildman–Crippen MR) is 72.8 cm³/mol. The summed E-state index contributed by atoms with van der Waals surface area (Å²) < 4.78 is 6.55. The summed E-state index contributed by atoms with van der Waals surface area (Å²) in [6.07, 6.45) is -0.797. The topological polar surface area (TPSA) is 103 Å². The van der Waals surface area contributed by atoms with E-state index in [9.17, 15) is 9.90 Å². The van der Waals surface area contributed by atoms with Crippen LogP contribution in [-0.2, 0) is 9.53 Å². The molecule has 8 heteroatoms. The lowest BCUT2D eigenvalue weighted by molar-refractivity contribution is -0.144. The lowest BCUT2D eigenvalue weighted by atomic mass is 10.3. The molecule has 0 saturated carbocycles. The minimum Gasteiger partial charge on any atom is -0.466 e. The molecular weight excluding hydrogens is 268 g/mol. The maximum atomic E-state index is 11.2. The number of aromatic nitrogens is 3. The van der Waals surface area contributed by atoms with E-state index in [1.807, 2.05) is 13.8 Å². The third-order valence-corrected chi connectivity index (χ3v) is 3.41. The maximum Gasteiger partial charge on any atom is 0.308 e. The molecule has 0 aliphatic heterocycles. The number of rotatable bonds is 7. The van der Waals surface area contributed by atoms with Gasteiger partial charge in [-0.2, -0.15) is 0 Å². The number of ether oxygens (including phenoxy) is 1. The number of aliphatic hydroxyl groups is 1. The van der Waals surface area contributed by atoms with Crippen molar-refractivity contribution < 1.29 is 14.6 Å². The van der Waals surface area contributed by atoms with Crippen LogP contribution in [0.3, 0.4) is 0 Å². The molecule has 0 saturated heterocycles. The van der Waals surface area contributed by atoms with Crippen LogP contribution in [-0.4, -0.2) is 44.3 Å². The Kier molecular flexibility index (Phi) is 6.10. The minimum absolute atomic E-state index is 0.0217. The summed E-state index contributed by atoms with van der Waals surface area (Å²) in [6.45, 7) is 5.99. The zero-order chi connectivity index (χ0) is 14.4. The van der Waals surface area contributed by atoms with Gasteiger partial charge in [0.15, 0.2) is 5.16 Å². The first-order valence-corrected chi connectivity index (χ1v) is 7.11. The van der Waals surface area contributed by atoms with Crippen LogP contribution in [0.4, 0.5) is 5.95 Å². The number of hydrogen-bond acceptors (Lipinski definition) is 7. The zero-order valence-corrected chi connectivity index (χ0v) is 12.2. The number of thioether (sulfide) groups is 1. The molecule has 108 valence electrons. The van der Waals surface area contributed by atoms with Crippen molar-refractivity contribution in [2.24, 2.45) is 0 Å². The highest BCUT2D eigenvalue weighted by atomic mass is 32.2. The summed E-state index contributed by atoms with van der Waals surface area (Å²) in [7, 11) is 0. The average Bonchev–Trinajstić information content (AvgIpc) is 2.68. The molecule has 0 aliphatic carbocycles. The molecule has 0 bridgehead atoms. The molecule has 0 amide bonds. The van der Waals surface area contributed by atoms with Crippen molar-refractivity contribution in [1.82, 2.24) is 14.8 Å². The number of carbonyl (C=O) groups excluding carboxylic acids is 1. The molecule has 7 nitrogen and oxygen atoms in total. The Hall–Kier alpha value is -1.28. The molecule has 3 N–H and O–H groups in total. The van der Waals surface area contributed by atoms with Crippen LogP contribution in [0.15, 0.2) is 5.16 Å². The van der Waals surface area contributed by atoms with E-state index < -0.39 is 12.1 Å². The van der Waals surface area contributed by atoms with Crippen molar-refractivity contribution in [1.29, 1.82) is 0 Å². The quantitative estimate of drug-likeness (QED) is 0.566. The Balaban J connectivity index is 2.50. The second kappa shape index (κ2) is 7.34. The summed E-state index contributed by atoms with van der Waals surface area (Å²) in [4.78, 5) is 11.2. The molecule has 0 radical (unpaired) electrons. The maximum absolute atomic E-state index is 11.2. The third-order valence-electron chi connectivity index (χ3n) is 2.32. The van der Waals surface area contributed by atoms with Gasteiger partial charge in [-0.25, -0.2) is 0 Å². The van der Waals surface area contributed by atoms with Crippen LogP contribution < -0.4 is 5.73 Å². The van der Waals surface area contributed by atoms with E-state index in [2.05, 4.69) is 10.2 Å². The van der Waals surface area contributed by atoms with E-state index in [1.54, 1.807) is 11.5 Å². The highest BCUT2D eigenvalue weighted by molar-refractivity contribution is 7.99. The first kappa shape index (κ1) is 15.8. The summed E-state index contributed by atoms with van der Waals surface area (Å²) in [5.74, 6) is 0.279. The molecule has 0 spiro atoms. The van der Waals surface area contributed by atoms with E-state index in [4.69, 9.17) is 10.5 Å². The monoisotopic (exact) mass is 288 g/mol. The summed E-state index contributed by atoms with van der Waals surface area (Å²) in [5, 5.41) is 18.1. The Morgan fingerprint density at radius 2 is 2.21 bits per heavy atom. The highest BCUT2D eigenvalue weighted by Gasteiger charge is 2.16. The van der Waals surface area contributed by atoms with Crippen LogP contribution in [0.1, 0.15) is 33.2 Å². The van der Waals surface area contributed by atoms with Gasteiger partial charge in [0, 0.05) is 11.8 Å². The average molecular weight is 288 g/mol. The number of anilines is 1. The smallest absolute Gasteiger partial charge is 0.308 e. The van der Waals surface area contributed by atoms with Crippen molar-refractivity contribution in [2.45, 2.75) is 44.5 Å². The molecule has 1 unspecified atom stereocenters. The van der Waals surface area contributed by atoms with Crippen LogP contribution >= 0.6 is 11.8 Å². The summed E-state index contributed by atoms with van der Waals surface area (Å²) in [6, 6.07) is 0.139. The molecular formula is C11H20N4O3S. The lowest BCUT2D eigenvalue weighted by Gasteiger charge is -2.13. The first-order valence-electron chi connectivity index (χ1n) is 6.12. The van der Waals surface area contributed by atoms with Crippen molar-refractivity contribution in [3.05, 3.63) is 0 Å². The fraction of sp³-hybridized carbons (Fsp3) is 0.727. The SMILES string of the molecule is CCOC(=O)CC(O)CSc1nnc(N)n1C(C)C. The van der Waals surface area contributed by atoms with Crippen molar-refractivity contribution in [3.63, 3.8) is 0 Å². The standard InChI is InChI=1S/C11H20N4O3S/c1-4-18-9(17)5-8(16)6-19-11-14-13-10(12)15(11)7(2)3/h7-8,16H,4-6H2,1-3H3,(H2,12,13). The number of nitrogens with two attached hydrogens (primary N) is 1. The third kappa shape index (κ3) is 4.71. The van der Waals surface area contributed by atoms with Gasteiger partial charge in [-0.05, 0) is 20.8 Å². The minimum atomic E-state index is -0.775. The number of carbonyl (C=O) groups is 1. The molecule has 1 aromatic heterocycles. The molecule has 1 atom stereocenters. The summed E-state index contributed by atoms with van der Waals surface area (Å²) >= 11 is 1.32. The van der Waals surface area contributed by atoms with Crippen molar-refractivity contribution >= 4 is 23.7 Å². The van der Waals surface area contributed by atoms with Crippen molar-refractivity contribution in [2.75, 3.05) is 18.1 Å². The van der Waals surface area contributed by atoms with Crippen LogP contribution in [0, 0.1) is 0 Å². The number of esters is 1. The van der Waals surface area contributed by atoms with E-state index >= 15 is 0 Å². The summed E-state index contributed by atoms with van der Waals surface area (Å²) in [5.41, 5.74) is 5.71. The van der Waals surface area contributed by atoms with E-state index in [1.165, 1.54) is 11.8 Å². The van der Waals surface area contributed by atoms with Gasteiger partial charge in [-0.1, -0.05) is 11.8 Å². The Labute approximate surface area is 116 Å². The molecule has 19 heavy (non-hydrogen) atoms. The largest absolute Gasteiger partial charge is 0.466 e. The molecule has 0 aliphatic rings. The van der Waals surface area contributed by atoms with Crippen molar-refractivity contribution in [3.8, 4) is 0 Å². The normalized spacial score (nSPS) is 12.7. The van der Waals surface area contributed by atoms with Gasteiger partial charge in [-0.3, -0.25) is 9.36 Å². The van der Waals surface area contributed by atoms with Gasteiger partial charge in [0.05, 0.1) is 19.1 Å². The fourth-order valence-corrected chi connectivity index (χ4v) is 2.52.